The highest BCUT2D eigenvalue weighted by Crippen LogP contribution is 2.26. The smallest absolute Gasteiger partial charge is 0.123 e. The van der Waals surface area contributed by atoms with Crippen LogP contribution in [0.3, 0.4) is 0 Å². The Balaban J connectivity index is 1.70. The molecule has 0 radical (unpaired) electrons. The Hall–Kier alpha value is -1.10. The Bertz CT molecular complexity index is 380. The summed E-state index contributed by atoms with van der Waals surface area (Å²) in [6.07, 6.45) is 3.53. The molecule has 1 aromatic carbocycles. The van der Waals surface area contributed by atoms with E-state index in [-0.39, 0.29) is 6.61 Å². The number of benzene rings is 1. The van der Waals surface area contributed by atoms with E-state index in [4.69, 9.17) is 15.6 Å². The highest BCUT2D eigenvalue weighted by atomic mass is 16.5. The Morgan fingerprint density at radius 1 is 1.26 bits per heavy atom. The first-order valence-corrected chi connectivity index (χ1v) is 7.11. The molecule has 3 N–H and O–H groups in total. The average molecular weight is 264 g/mol. The number of ether oxygens (including phenoxy) is 1. The summed E-state index contributed by atoms with van der Waals surface area (Å²) in [6, 6.07) is 8.61. The van der Waals surface area contributed by atoms with Crippen molar-refractivity contribution in [2.24, 2.45) is 5.73 Å². The lowest BCUT2D eigenvalue weighted by Crippen LogP contribution is -2.31. The van der Waals surface area contributed by atoms with E-state index in [9.17, 15) is 0 Å². The molecule has 19 heavy (non-hydrogen) atoms. The third-order valence-corrected chi connectivity index (χ3v) is 3.49. The number of hydrogen-bond donors (Lipinski definition) is 2. The molecule has 0 bridgehead atoms. The van der Waals surface area contributed by atoms with Crippen LogP contribution in [-0.2, 0) is 6.54 Å². The number of rotatable bonds is 9. The van der Waals surface area contributed by atoms with Crippen molar-refractivity contribution in [3.05, 3.63) is 29.8 Å². The third-order valence-electron chi connectivity index (χ3n) is 3.49. The van der Waals surface area contributed by atoms with Gasteiger partial charge in [0.15, 0.2) is 0 Å². The van der Waals surface area contributed by atoms with Gasteiger partial charge in [-0.25, -0.2) is 0 Å². The third kappa shape index (κ3) is 4.49. The Labute approximate surface area is 115 Å². The van der Waals surface area contributed by atoms with Crippen molar-refractivity contribution in [3.63, 3.8) is 0 Å². The van der Waals surface area contributed by atoms with Crippen LogP contribution >= 0.6 is 0 Å². The van der Waals surface area contributed by atoms with Crippen LogP contribution in [0.4, 0.5) is 0 Å². The van der Waals surface area contributed by atoms with Crippen molar-refractivity contribution in [1.29, 1.82) is 0 Å². The monoisotopic (exact) mass is 264 g/mol. The van der Waals surface area contributed by atoms with Crippen LogP contribution < -0.4 is 10.5 Å². The van der Waals surface area contributed by atoms with Gasteiger partial charge in [-0.05, 0) is 25.3 Å². The van der Waals surface area contributed by atoms with E-state index < -0.39 is 0 Å². The lowest BCUT2D eigenvalue weighted by molar-refractivity contribution is 0.177. The van der Waals surface area contributed by atoms with Gasteiger partial charge in [-0.3, -0.25) is 4.90 Å². The van der Waals surface area contributed by atoms with E-state index in [0.717, 1.165) is 30.8 Å². The number of aliphatic hydroxyl groups excluding tert-OH is 1. The first kappa shape index (κ1) is 14.3. The van der Waals surface area contributed by atoms with Crippen molar-refractivity contribution in [3.8, 4) is 5.75 Å². The maximum absolute atomic E-state index is 9.03. The predicted molar refractivity (Wildman–Crippen MR) is 76.1 cm³/mol. The molecular formula is C15H24N2O2. The number of hydrogen-bond acceptors (Lipinski definition) is 4. The van der Waals surface area contributed by atoms with Gasteiger partial charge in [0, 0.05) is 31.2 Å². The number of nitrogens with two attached hydrogens (primary N) is 1. The quantitative estimate of drug-likeness (QED) is 0.661. The fourth-order valence-electron chi connectivity index (χ4n) is 2.31. The van der Waals surface area contributed by atoms with Gasteiger partial charge in [0.05, 0.1) is 13.2 Å². The zero-order valence-electron chi connectivity index (χ0n) is 11.4. The van der Waals surface area contributed by atoms with Crippen LogP contribution in [-0.4, -0.2) is 42.4 Å². The van der Waals surface area contributed by atoms with Gasteiger partial charge in [0.1, 0.15) is 5.75 Å². The number of aliphatic hydroxyl groups is 1. The molecular weight excluding hydrogens is 240 g/mol. The molecule has 0 atom stereocenters. The largest absolute Gasteiger partial charge is 0.493 e. The highest BCUT2D eigenvalue weighted by molar-refractivity contribution is 5.32. The van der Waals surface area contributed by atoms with Crippen molar-refractivity contribution in [2.75, 3.05) is 26.3 Å². The summed E-state index contributed by atoms with van der Waals surface area (Å²) in [7, 11) is 0. The summed E-state index contributed by atoms with van der Waals surface area (Å²) < 4.78 is 5.79. The van der Waals surface area contributed by atoms with E-state index in [1.54, 1.807) is 0 Å². The van der Waals surface area contributed by atoms with Crippen LogP contribution in [0.15, 0.2) is 24.3 Å². The first-order valence-electron chi connectivity index (χ1n) is 7.11. The van der Waals surface area contributed by atoms with Crippen molar-refractivity contribution >= 4 is 0 Å². The molecule has 0 amide bonds. The van der Waals surface area contributed by atoms with E-state index in [0.29, 0.717) is 19.2 Å². The van der Waals surface area contributed by atoms with Gasteiger partial charge in [0.2, 0.25) is 0 Å². The van der Waals surface area contributed by atoms with Crippen molar-refractivity contribution < 1.29 is 9.84 Å². The van der Waals surface area contributed by atoms with Gasteiger partial charge in [0.25, 0.3) is 0 Å². The second-order valence-corrected chi connectivity index (χ2v) is 5.00. The fourth-order valence-corrected chi connectivity index (χ4v) is 2.31. The molecule has 0 spiro atoms. The Morgan fingerprint density at radius 2 is 2.05 bits per heavy atom. The molecule has 1 fully saturated rings. The van der Waals surface area contributed by atoms with E-state index in [1.807, 2.05) is 24.3 Å². The molecule has 0 unspecified atom stereocenters. The predicted octanol–water partition coefficient (Wildman–Crippen LogP) is 1.37. The van der Waals surface area contributed by atoms with Crippen LogP contribution in [0.1, 0.15) is 24.8 Å². The van der Waals surface area contributed by atoms with Gasteiger partial charge >= 0.3 is 0 Å². The Morgan fingerprint density at radius 3 is 2.74 bits per heavy atom. The molecule has 106 valence electrons. The molecule has 0 saturated heterocycles. The van der Waals surface area contributed by atoms with Gasteiger partial charge in [-0.2, -0.15) is 0 Å². The Kier molecular flexibility index (Phi) is 5.63. The summed E-state index contributed by atoms with van der Waals surface area (Å²) in [5.74, 6) is 0.894. The standard InChI is InChI=1S/C15H24N2O2/c16-12-13-4-1-2-5-15(13)19-11-3-8-17(9-10-18)14-6-7-14/h1-2,4-5,14,18H,3,6-12,16H2. The summed E-state index contributed by atoms with van der Waals surface area (Å²) in [4.78, 5) is 2.36. The summed E-state index contributed by atoms with van der Waals surface area (Å²) in [5.41, 5.74) is 6.73. The minimum absolute atomic E-state index is 0.243. The zero-order valence-corrected chi connectivity index (χ0v) is 11.4. The van der Waals surface area contributed by atoms with E-state index in [2.05, 4.69) is 4.90 Å². The summed E-state index contributed by atoms with van der Waals surface area (Å²) in [6.45, 7) is 3.23. The topological polar surface area (TPSA) is 58.7 Å². The van der Waals surface area contributed by atoms with Gasteiger partial charge < -0.3 is 15.6 Å². The van der Waals surface area contributed by atoms with Crippen LogP contribution in [0.25, 0.3) is 0 Å². The minimum atomic E-state index is 0.243. The second-order valence-electron chi connectivity index (χ2n) is 5.00. The van der Waals surface area contributed by atoms with Gasteiger partial charge in [-0.1, -0.05) is 18.2 Å². The minimum Gasteiger partial charge on any atom is -0.493 e. The maximum atomic E-state index is 9.03. The zero-order chi connectivity index (χ0) is 13.5. The maximum Gasteiger partial charge on any atom is 0.123 e. The van der Waals surface area contributed by atoms with E-state index >= 15 is 0 Å². The molecule has 4 heteroatoms. The molecule has 4 nitrogen and oxygen atoms in total. The molecule has 1 aliphatic carbocycles. The molecule has 0 heterocycles. The number of nitrogens with zero attached hydrogens (tertiary/aromatic N) is 1. The van der Waals surface area contributed by atoms with Crippen LogP contribution in [0.5, 0.6) is 5.75 Å². The van der Waals surface area contributed by atoms with Crippen molar-refractivity contribution in [1.82, 2.24) is 4.90 Å². The van der Waals surface area contributed by atoms with Crippen LogP contribution in [0, 0.1) is 0 Å². The first-order chi connectivity index (χ1) is 9.35. The molecule has 0 aromatic heterocycles. The number of para-hydroxylation sites is 1. The molecule has 0 aliphatic heterocycles. The SMILES string of the molecule is NCc1ccccc1OCCCN(CCO)C1CC1. The molecule has 1 aliphatic rings. The normalized spacial score (nSPS) is 14.9. The van der Waals surface area contributed by atoms with Crippen LogP contribution in [0.2, 0.25) is 0 Å². The summed E-state index contributed by atoms with van der Waals surface area (Å²) >= 11 is 0. The molecule has 1 aromatic rings. The molecule has 2 rings (SSSR count). The fraction of sp³-hybridized carbons (Fsp3) is 0.600. The average Bonchev–Trinajstić information content (AvgIpc) is 3.27. The highest BCUT2D eigenvalue weighted by Gasteiger charge is 2.27. The summed E-state index contributed by atoms with van der Waals surface area (Å²) in [5, 5.41) is 9.03. The van der Waals surface area contributed by atoms with E-state index in [1.165, 1.54) is 12.8 Å². The molecule has 1 saturated carbocycles. The van der Waals surface area contributed by atoms with Gasteiger partial charge in [-0.15, -0.1) is 0 Å². The lowest BCUT2D eigenvalue weighted by atomic mass is 10.2. The lowest BCUT2D eigenvalue weighted by Gasteiger charge is -2.20. The van der Waals surface area contributed by atoms with Crippen molar-refractivity contribution in [2.45, 2.75) is 31.8 Å². The second kappa shape index (κ2) is 7.48.